The zero-order chi connectivity index (χ0) is 8.55. The number of nitrogens with one attached hydrogen (secondary N) is 1. The number of piperidine rings is 1. The van der Waals surface area contributed by atoms with E-state index in [2.05, 4.69) is 12.2 Å². The van der Waals surface area contributed by atoms with Gasteiger partial charge >= 0.3 is 0 Å². The SMILES string of the molecule is C[C@H]1CC(=O)C2CCCCC2N1. The Labute approximate surface area is 73.7 Å². The Kier molecular flexibility index (Phi) is 2.18. The van der Waals surface area contributed by atoms with E-state index in [4.69, 9.17) is 0 Å². The summed E-state index contributed by atoms with van der Waals surface area (Å²) in [6, 6.07) is 0.923. The minimum atomic E-state index is 0.356. The van der Waals surface area contributed by atoms with Crippen LogP contribution in [0.5, 0.6) is 0 Å². The van der Waals surface area contributed by atoms with Crippen LogP contribution in [0.4, 0.5) is 0 Å². The van der Waals surface area contributed by atoms with Crippen LogP contribution in [-0.4, -0.2) is 17.9 Å². The summed E-state index contributed by atoms with van der Waals surface area (Å²) >= 11 is 0. The van der Waals surface area contributed by atoms with Gasteiger partial charge in [0.1, 0.15) is 5.78 Å². The molecular weight excluding hydrogens is 150 g/mol. The third-order valence-electron chi connectivity index (χ3n) is 3.19. The van der Waals surface area contributed by atoms with Crippen LogP contribution in [0.25, 0.3) is 0 Å². The zero-order valence-corrected chi connectivity index (χ0v) is 7.68. The summed E-state index contributed by atoms with van der Waals surface area (Å²) < 4.78 is 0. The molecule has 3 atom stereocenters. The van der Waals surface area contributed by atoms with Crippen molar-refractivity contribution in [3.63, 3.8) is 0 Å². The van der Waals surface area contributed by atoms with Crippen molar-refractivity contribution in [3.05, 3.63) is 0 Å². The molecule has 2 nitrogen and oxygen atoms in total. The highest BCUT2D eigenvalue weighted by atomic mass is 16.1. The summed E-state index contributed by atoms with van der Waals surface area (Å²) in [5, 5.41) is 3.53. The van der Waals surface area contributed by atoms with Crippen molar-refractivity contribution in [1.82, 2.24) is 5.32 Å². The van der Waals surface area contributed by atoms with Crippen molar-refractivity contribution in [2.24, 2.45) is 5.92 Å². The second kappa shape index (κ2) is 3.17. The van der Waals surface area contributed by atoms with E-state index in [0.29, 0.717) is 23.8 Å². The van der Waals surface area contributed by atoms with Crippen molar-refractivity contribution in [2.75, 3.05) is 0 Å². The Balaban J connectivity index is 2.06. The molecule has 1 heterocycles. The van der Waals surface area contributed by atoms with Gasteiger partial charge in [-0.2, -0.15) is 0 Å². The van der Waals surface area contributed by atoms with Gasteiger partial charge in [0.2, 0.25) is 0 Å². The predicted molar refractivity (Wildman–Crippen MR) is 48.0 cm³/mol. The smallest absolute Gasteiger partial charge is 0.139 e. The molecule has 0 aromatic carbocycles. The van der Waals surface area contributed by atoms with Gasteiger partial charge in [-0.05, 0) is 19.8 Å². The average molecular weight is 167 g/mol. The monoisotopic (exact) mass is 167 g/mol. The lowest BCUT2D eigenvalue weighted by atomic mass is 9.77. The number of carbonyl (C=O) groups excluding carboxylic acids is 1. The average Bonchev–Trinajstić information content (AvgIpc) is 2.04. The number of carbonyl (C=O) groups is 1. The number of rotatable bonds is 0. The van der Waals surface area contributed by atoms with Gasteiger partial charge in [0.05, 0.1) is 0 Å². The summed E-state index contributed by atoms with van der Waals surface area (Å²) in [6.45, 7) is 2.11. The Morgan fingerprint density at radius 3 is 2.92 bits per heavy atom. The number of hydrogen-bond donors (Lipinski definition) is 1. The maximum absolute atomic E-state index is 11.6. The van der Waals surface area contributed by atoms with Crippen LogP contribution in [0, 0.1) is 5.92 Å². The largest absolute Gasteiger partial charge is 0.310 e. The topological polar surface area (TPSA) is 29.1 Å². The van der Waals surface area contributed by atoms with E-state index in [1.807, 2.05) is 0 Å². The number of ketones is 1. The van der Waals surface area contributed by atoms with Crippen molar-refractivity contribution in [2.45, 2.75) is 51.1 Å². The molecule has 2 aliphatic rings. The summed E-state index contributed by atoms with van der Waals surface area (Å²) in [4.78, 5) is 11.6. The van der Waals surface area contributed by atoms with Crippen molar-refractivity contribution >= 4 is 5.78 Å². The normalized spacial score (nSPS) is 42.4. The van der Waals surface area contributed by atoms with Crippen LogP contribution in [0.15, 0.2) is 0 Å². The molecule has 2 fully saturated rings. The highest BCUT2D eigenvalue weighted by molar-refractivity contribution is 5.83. The number of hydrogen-bond acceptors (Lipinski definition) is 2. The molecule has 0 aromatic rings. The molecule has 68 valence electrons. The molecule has 1 aliphatic heterocycles. The van der Waals surface area contributed by atoms with Crippen LogP contribution >= 0.6 is 0 Å². The molecule has 1 saturated carbocycles. The van der Waals surface area contributed by atoms with Gasteiger partial charge in [0.25, 0.3) is 0 Å². The molecule has 0 radical (unpaired) electrons. The third kappa shape index (κ3) is 1.40. The van der Waals surface area contributed by atoms with Crippen LogP contribution in [0.2, 0.25) is 0 Å². The molecule has 0 amide bonds. The highest BCUT2D eigenvalue weighted by Gasteiger charge is 2.35. The van der Waals surface area contributed by atoms with Crippen molar-refractivity contribution in [1.29, 1.82) is 0 Å². The first kappa shape index (κ1) is 8.24. The van der Waals surface area contributed by atoms with Crippen LogP contribution in [-0.2, 0) is 4.79 Å². The molecule has 2 rings (SSSR count). The molecule has 0 spiro atoms. The first-order valence-corrected chi connectivity index (χ1v) is 5.06. The van der Waals surface area contributed by atoms with Gasteiger partial charge in [-0.25, -0.2) is 0 Å². The van der Waals surface area contributed by atoms with E-state index in [9.17, 15) is 4.79 Å². The van der Waals surface area contributed by atoms with Gasteiger partial charge in [0.15, 0.2) is 0 Å². The molecule has 1 saturated heterocycles. The van der Waals surface area contributed by atoms with E-state index in [1.54, 1.807) is 0 Å². The van der Waals surface area contributed by atoms with E-state index in [-0.39, 0.29) is 0 Å². The second-order valence-corrected chi connectivity index (χ2v) is 4.24. The Hall–Kier alpha value is -0.370. The quantitative estimate of drug-likeness (QED) is 0.592. The maximum Gasteiger partial charge on any atom is 0.139 e. The molecule has 1 aliphatic carbocycles. The van der Waals surface area contributed by atoms with Crippen molar-refractivity contribution in [3.8, 4) is 0 Å². The minimum Gasteiger partial charge on any atom is -0.310 e. The summed E-state index contributed by atoms with van der Waals surface area (Å²) in [5.74, 6) is 0.862. The van der Waals surface area contributed by atoms with Gasteiger partial charge in [-0.3, -0.25) is 4.79 Å². The summed E-state index contributed by atoms with van der Waals surface area (Å²) in [5.41, 5.74) is 0. The third-order valence-corrected chi connectivity index (χ3v) is 3.19. The van der Waals surface area contributed by atoms with E-state index < -0.39 is 0 Å². The molecule has 1 N–H and O–H groups in total. The van der Waals surface area contributed by atoms with Crippen LogP contribution in [0.1, 0.15) is 39.0 Å². The van der Waals surface area contributed by atoms with Gasteiger partial charge in [0, 0.05) is 24.4 Å². The van der Waals surface area contributed by atoms with Crippen LogP contribution < -0.4 is 5.32 Å². The molecular formula is C10H17NO. The standard InChI is InChI=1S/C10H17NO/c1-7-6-10(12)8-4-2-3-5-9(8)11-7/h7-9,11H,2-6H2,1H3/t7-,8?,9?/m0/s1. The predicted octanol–water partition coefficient (Wildman–Crippen LogP) is 1.50. The van der Waals surface area contributed by atoms with Crippen molar-refractivity contribution < 1.29 is 4.79 Å². The Morgan fingerprint density at radius 1 is 1.33 bits per heavy atom. The van der Waals surface area contributed by atoms with E-state index in [1.165, 1.54) is 19.3 Å². The Morgan fingerprint density at radius 2 is 2.08 bits per heavy atom. The Bertz CT molecular complexity index is 190. The van der Waals surface area contributed by atoms with Gasteiger partial charge < -0.3 is 5.32 Å². The molecule has 2 unspecified atom stereocenters. The van der Waals surface area contributed by atoms with E-state index >= 15 is 0 Å². The molecule has 0 bridgehead atoms. The first-order chi connectivity index (χ1) is 5.77. The fourth-order valence-corrected chi connectivity index (χ4v) is 2.59. The lowest BCUT2D eigenvalue weighted by Crippen LogP contribution is -2.52. The fourth-order valence-electron chi connectivity index (χ4n) is 2.59. The van der Waals surface area contributed by atoms with Gasteiger partial charge in [-0.15, -0.1) is 0 Å². The zero-order valence-electron chi connectivity index (χ0n) is 7.68. The summed E-state index contributed by atoms with van der Waals surface area (Å²) in [7, 11) is 0. The molecule has 2 heteroatoms. The fraction of sp³-hybridized carbons (Fsp3) is 0.900. The minimum absolute atomic E-state index is 0.356. The molecule has 12 heavy (non-hydrogen) atoms. The second-order valence-electron chi connectivity index (χ2n) is 4.24. The first-order valence-electron chi connectivity index (χ1n) is 5.06. The lowest BCUT2D eigenvalue weighted by Gasteiger charge is -2.38. The number of fused-ring (bicyclic) bond motifs is 1. The summed E-state index contributed by atoms with van der Waals surface area (Å²) in [6.07, 6.45) is 5.64. The lowest BCUT2D eigenvalue weighted by molar-refractivity contribution is -0.127. The van der Waals surface area contributed by atoms with E-state index in [0.717, 1.165) is 12.8 Å². The van der Waals surface area contributed by atoms with Crippen LogP contribution in [0.3, 0.4) is 0 Å². The molecule has 0 aromatic heterocycles. The number of Topliss-reactive ketones (excluding diaryl/α,β-unsaturated/α-hetero) is 1. The van der Waals surface area contributed by atoms with Gasteiger partial charge in [-0.1, -0.05) is 12.8 Å². The highest BCUT2D eigenvalue weighted by Crippen LogP contribution is 2.29. The maximum atomic E-state index is 11.6.